The van der Waals surface area contributed by atoms with Gasteiger partial charge in [-0.05, 0) is 32.3 Å². The maximum Gasteiger partial charge on any atom is 0.156 e. The van der Waals surface area contributed by atoms with Crippen molar-refractivity contribution in [1.29, 1.82) is 0 Å². The number of aryl methyl sites for hydroxylation is 3. The minimum absolute atomic E-state index is 0.582. The van der Waals surface area contributed by atoms with E-state index in [1.807, 2.05) is 18.7 Å². The molecule has 0 saturated heterocycles. The van der Waals surface area contributed by atoms with Crippen LogP contribution in [0.25, 0.3) is 11.5 Å². The van der Waals surface area contributed by atoms with Crippen molar-refractivity contribution in [2.45, 2.75) is 39.0 Å². The molecule has 2 aromatic rings. The van der Waals surface area contributed by atoms with Crippen LogP contribution in [0, 0.1) is 6.92 Å². The topological polar surface area (TPSA) is 46.5 Å². The van der Waals surface area contributed by atoms with Crippen LogP contribution in [0.1, 0.15) is 42.8 Å². The molecule has 2 aromatic heterocycles. The smallest absolute Gasteiger partial charge is 0.156 e. The van der Waals surface area contributed by atoms with Gasteiger partial charge in [0.1, 0.15) is 5.69 Å². The lowest BCUT2D eigenvalue weighted by Gasteiger charge is -2.15. The Kier molecular flexibility index (Phi) is 2.31. The standard InChI is InChI=1S/C13H18N4/c1-8-5-4-6-10-12(8)15-13(14-10)11-7-9(2)16-17(11)3/h7-8H,4-6H2,1-3H3,(H,14,15). The summed E-state index contributed by atoms with van der Waals surface area (Å²) in [6.07, 6.45) is 3.64. The quantitative estimate of drug-likeness (QED) is 0.818. The van der Waals surface area contributed by atoms with E-state index in [1.54, 1.807) is 0 Å². The first-order chi connectivity index (χ1) is 8.15. The van der Waals surface area contributed by atoms with Crippen molar-refractivity contribution in [1.82, 2.24) is 19.7 Å². The van der Waals surface area contributed by atoms with Gasteiger partial charge in [-0.3, -0.25) is 4.68 Å². The molecule has 0 fully saturated rings. The van der Waals surface area contributed by atoms with Gasteiger partial charge >= 0.3 is 0 Å². The molecule has 1 atom stereocenters. The Morgan fingerprint density at radius 3 is 2.94 bits per heavy atom. The molecule has 2 heterocycles. The zero-order chi connectivity index (χ0) is 12.0. The van der Waals surface area contributed by atoms with E-state index in [4.69, 9.17) is 4.98 Å². The zero-order valence-corrected chi connectivity index (χ0v) is 10.6. The van der Waals surface area contributed by atoms with Gasteiger partial charge in [0.15, 0.2) is 5.82 Å². The molecule has 0 bridgehead atoms. The molecule has 1 N–H and O–H groups in total. The number of aromatic nitrogens is 4. The first kappa shape index (κ1) is 10.6. The molecule has 3 rings (SSSR count). The highest BCUT2D eigenvalue weighted by atomic mass is 15.3. The average molecular weight is 230 g/mol. The third kappa shape index (κ3) is 1.68. The SMILES string of the molecule is Cc1cc(-c2nc3c([nH]2)CCCC3C)n(C)n1. The maximum atomic E-state index is 4.76. The van der Waals surface area contributed by atoms with Gasteiger partial charge in [-0.1, -0.05) is 6.92 Å². The molecule has 1 aliphatic carbocycles. The van der Waals surface area contributed by atoms with E-state index >= 15 is 0 Å². The summed E-state index contributed by atoms with van der Waals surface area (Å²) < 4.78 is 1.89. The summed E-state index contributed by atoms with van der Waals surface area (Å²) in [5.74, 6) is 1.55. The fourth-order valence-electron chi connectivity index (χ4n) is 2.70. The number of nitrogens with one attached hydrogen (secondary N) is 1. The van der Waals surface area contributed by atoms with Crippen molar-refractivity contribution in [2.24, 2.45) is 7.05 Å². The second kappa shape index (κ2) is 3.72. The van der Waals surface area contributed by atoms with E-state index in [0.717, 1.165) is 23.6 Å². The van der Waals surface area contributed by atoms with Gasteiger partial charge in [0, 0.05) is 18.7 Å². The van der Waals surface area contributed by atoms with Crippen LogP contribution in [0.5, 0.6) is 0 Å². The fourth-order valence-corrected chi connectivity index (χ4v) is 2.70. The summed E-state index contributed by atoms with van der Waals surface area (Å²) >= 11 is 0. The third-order valence-corrected chi connectivity index (χ3v) is 3.59. The summed E-state index contributed by atoms with van der Waals surface area (Å²) in [4.78, 5) is 8.22. The van der Waals surface area contributed by atoms with E-state index in [1.165, 1.54) is 24.2 Å². The number of nitrogens with zero attached hydrogens (tertiary/aromatic N) is 3. The van der Waals surface area contributed by atoms with Crippen molar-refractivity contribution in [3.63, 3.8) is 0 Å². The lowest BCUT2D eigenvalue weighted by atomic mass is 9.92. The van der Waals surface area contributed by atoms with Crippen molar-refractivity contribution in [3.8, 4) is 11.5 Å². The average Bonchev–Trinajstić information content (AvgIpc) is 2.82. The summed E-state index contributed by atoms with van der Waals surface area (Å²) in [7, 11) is 1.97. The van der Waals surface area contributed by atoms with Gasteiger partial charge in [-0.25, -0.2) is 4.98 Å². The molecular weight excluding hydrogens is 212 g/mol. The molecule has 0 amide bonds. The first-order valence-electron chi connectivity index (χ1n) is 6.25. The number of fused-ring (bicyclic) bond motifs is 1. The second-order valence-electron chi connectivity index (χ2n) is 5.04. The van der Waals surface area contributed by atoms with Crippen LogP contribution >= 0.6 is 0 Å². The van der Waals surface area contributed by atoms with Gasteiger partial charge in [0.05, 0.1) is 11.4 Å². The van der Waals surface area contributed by atoms with E-state index < -0.39 is 0 Å². The zero-order valence-electron chi connectivity index (χ0n) is 10.6. The number of H-pyrrole nitrogens is 1. The van der Waals surface area contributed by atoms with Crippen LogP contribution in [0.4, 0.5) is 0 Å². The molecule has 90 valence electrons. The lowest BCUT2D eigenvalue weighted by molar-refractivity contribution is 0.574. The van der Waals surface area contributed by atoms with E-state index in [0.29, 0.717) is 5.92 Å². The Hall–Kier alpha value is -1.58. The van der Waals surface area contributed by atoms with Crippen LogP contribution in [-0.2, 0) is 13.5 Å². The van der Waals surface area contributed by atoms with Crippen LogP contribution in [0.15, 0.2) is 6.07 Å². The van der Waals surface area contributed by atoms with Gasteiger partial charge in [-0.2, -0.15) is 5.10 Å². The second-order valence-corrected chi connectivity index (χ2v) is 5.04. The Balaban J connectivity index is 2.08. The highest BCUT2D eigenvalue weighted by Crippen LogP contribution is 2.31. The number of hydrogen-bond acceptors (Lipinski definition) is 2. The van der Waals surface area contributed by atoms with Gasteiger partial charge in [0.25, 0.3) is 0 Å². The van der Waals surface area contributed by atoms with Gasteiger partial charge in [-0.15, -0.1) is 0 Å². The normalized spacial score (nSPS) is 19.4. The maximum absolute atomic E-state index is 4.76. The minimum atomic E-state index is 0.582. The monoisotopic (exact) mass is 230 g/mol. The molecule has 1 unspecified atom stereocenters. The highest BCUT2D eigenvalue weighted by molar-refractivity contribution is 5.52. The highest BCUT2D eigenvalue weighted by Gasteiger charge is 2.22. The summed E-state index contributed by atoms with van der Waals surface area (Å²) in [5, 5.41) is 4.37. The van der Waals surface area contributed by atoms with Crippen molar-refractivity contribution >= 4 is 0 Å². The van der Waals surface area contributed by atoms with Crippen LogP contribution in [0.2, 0.25) is 0 Å². The molecule has 0 spiro atoms. The molecule has 1 aliphatic rings. The Morgan fingerprint density at radius 1 is 1.47 bits per heavy atom. The Labute approximate surface area is 101 Å². The molecule has 17 heavy (non-hydrogen) atoms. The van der Waals surface area contributed by atoms with Crippen molar-refractivity contribution in [3.05, 3.63) is 23.1 Å². The number of imidazole rings is 1. The van der Waals surface area contributed by atoms with E-state index in [9.17, 15) is 0 Å². The van der Waals surface area contributed by atoms with Gasteiger partial charge in [0.2, 0.25) is 0 Å². The summed E-state index contributed by atoms with van der Waals surface area (Å²) in [6, 6.07) is 2.08. The van der Waals surface area contributed by atoms with Crippen LogP contribution in [-0.4, -0.2) is 19.7 Å². The Bertz CT molecular complexity index is 550. The number of rotatable bonds is 1. The number of aromatic amines is 1. The predicted octanol–water partition coefficient (Wildman–Crippen LogP) is 2.56. The van der Waals surface area contributed by atoms with Gasteiger partial charge < -0.3 is 4.98 Å². The lowest BCUT2D eigenvalue weighted by Crippen LogP contribution is -2.05. The molecule has 0 radical (unpaired) electrons. The molecule has 0 saturated carbocycles. The van der Waals surface area contributed by atoms with E-state index in [2.05, 4.69) is 23.1 Å². The third-order valence-electron chi connectivity index (χ3n) is 3.59. The minimum Gasteiger partial charge on any atom is -0.340 e. The fraction of sp³-hybridized carbons (Fsp3) is 0.538. The first-order valence-corrected chi connectivity index (χ1v) is 6.25. The van der Waals surface area contributed by atoms with Crippen molar-refractivity contribution in [2.75, 3.05) is 0 Å². The van der Waals surface area contributed by atoms with Crippen LogP contribution < -0.4 is 0 Å². The summed E-state index contributed by atoms with van der Waals surface area (Å²) in [6.45, 7) is 4.27. The largest absolute Gasteiger partial charge is 0.340 e. The molecule has 4 heteroatoms. The summed E-state index contributed by atoms with van der Waals surface area (Å²) in [5.41, 5.74) is 4.68. The predicted molar refractivity (Wildman–Crippen MR) is 66.9 cm³/mol. The van der Waals surface area contributed by atoms with Crippen LogP contribution in [0.3, 0.4) is 0 Å². The molecule has 0 aromatic carbocycles. The Morgan fingerprint density at radius 2 is 2.29 bits per heavy atom. The molecule has 4 nitrogen and oxygen atoms in total. The van der Waals surface area contributed by atoms with Crippen molar-refractivity contribution < 1.29 is 0 Å². The molecular formula is C13H18N4. The van der Waals surface area contributed by atoms with E-state index in [-0.39, 0.29) is 0 Å². The molecule has 0 aliphatic heterocycles. The number of hydrogen-bond donors (Lipinski definition) is 1.